The van der Waals surface area contributed by atoms with E-state index in [1.54, 1.807) is 12.1 Å². The van der Waals surface area contributed by atoms with Gasteiger partial charge in [0.15, 0.2) is 0 Å². The Labute approximate surface area is 142 Å². The third-order valence-corrected chi connectivity index (χ3v) is 4.98. The number of carbonyl (C=O) groups excluding carboxylic acids is 1. The minimum atomic E-state index is -0.266. The number of benzene rings is 1. The fourth-order valence-corrected chi connectivity index (χ4v) is 3.58. The third-order valence-electron chi connectivity index (χ3n) is 4.98. The van der Waals surface area contributed by atoms with Gasteiger partial charge in [0.25, 0.3) is 0 Å². The first-order chi connectivity index (χ1) is 11.7. The van der Waals surface area contributed by atoms with Crippen LogP contribution < -0.4 is 4.74 Å². The molecule has 3 rings (SSSR count). The molecule has 2 fully saturated rings. The summed E-state index contributed by atoms with van der Waals surface area (Å²) < 4.78 is 24.2. The van der Waals surface area contributed by atoms with Crippen molar-refractivity contribution in [3.8, 4) is 5.75 Å². The molecule has 0 radical (unpaired) electrons. The number of halogens is 1. The molecule has 2 aliphatic rings. The van der Waals surface area contributed by atoms with Crippen LogP contribution in [0.25, 0.3) is 0 Å². The number of rotatable bonds is 6. The maximum absolute atomic E-state index is 12.8. The van der Waals surface area contributed by atoms with Gasteiger partial charge in [-0.1, -0.05) is 12.8 Å². The van der Waals surface area contributed by atoms with E-state index < -0.39 is 0 Å². The van der Waals surface area contributed by atoms with Crippen LogP contribution in [-0.2, 0) is 9.53 Å². The highest BCUT2D eigenvalue weighted by Gasteiger charge is 2.30. The Kier molecular flexibility index (Phi) is 6.07. The zero-order valence-corrected chi connectivity index (χ0v) is 14.1. The Morgan fingerprint density at radius 1 is 1.04 bits per heavy atom. The monoisotopic (exact) mass is 335 g/mol. The lowest BCUT2D eigenvalue weighted by atomic mass is 10.0. The molecule has 0 N–H and O–H groups in total. The molecule has 0 atom stereocenters. The fraction of sp³-hybridized carbons (Fsp3) is 0.632. The molecule has 1 aliphatic carbocycles. The Balaban J connectivity index is 1.31. The van der Waals surface area contributed by atoms with E-state index in [2.05, 4.69) is 0 Å². The number of piperidine rings is 1. The van der Waals surface area contributed by atoms with Crippen molar-refractivity contribution in [2.45, 2.75) is 44.6 Å². The van der Waals surface area contributed by atoms with Crippen molar-refractivity contribution in [3.05, 3.63) is 30.1 Å². The van der Waals surface area contributed by atoms with Gasteiger partial charge in [-0.3, -0.25) is 4.79 Å². The first-order valence-electron chi connectivity index (χ1n) is 9.01. The molecule has 0 spiro atoms. The topological polar surface area (TPSA) is 38.8 Å². The average molecular weight is 335 g/mol. The largest absolute Gasteiger partial charge is 0.491 e. The van der Waals surface area contributed by atoms with Crippen LogP contribution in [0.1, 0.15) is 38.5 Å². The summed E-state index contributed by atoms with van der Waals surface area (Å²) in [5.41, 5.74) is 0. The molecule has 1 aromatic rings. The van der Waals surface area contributed by atoms with Gasteiger partial charge in [0.1, 0.15) is 18.2 Å². The zero-order valence-electron chi connectivity index (χ0n) is 14.1. The number of likely N-dealkylation sites (tertiary alicyclic amines) is 1. The van der Waals surface area contributed by atoms with E-state index in [1.165, 1.54) is 25.0 Å². The van der Waals surface area contributed by atoms with Gasteiger partial charge in [0.2, 0.25) is 5.91 Å². The smallest absolute Gasteiger partial charge is 0.225 e. The van der Waals surface area contributed by atoms with Gasteiger partial charge in [0, 0.05) is 19.0 Å². The lowest BCUT2D eigenvalue weighted by Gasteiger charge is -2.33. The highest BCUT2D eigenvalue weighted by atomic mass is 19.1. The molecule has 0 unspecified atom stereocenters. The molecule has 1 saturated heterocycles. The van der Waals surface area contributed by atoms with Crippen LogP contribution in [0.5, 0.6) is 5.75 Å². The van der Waals surface area contributed by atoms with Crippen molar-refractivity contribution in [2.75, 3.05) is 26.3 Å². The Morgan fingerprint density at radius 2 is 1.71 bits per heavy atom. The van der Waals surface area contributed by atoms with E-state index in [0.29, 0.717) is 24.9 Å². The van der Waals surface area contributed by atoms with Crippen LogP contribution in [-0.4, -0.2) is 43.2 Å². The molecule has 5 heteroatoms. The van der Waals surface area contributed by atoms with E-state index in [4.69, 9.17) is 9.47 Å². The second kappa shape index (κ2) is 8.47. The van der Waals surface area contributed by atoms with E-state index in [-0.39, 0.29) is 17.8 Å². The summed E-state index contributed by atoms with van der Waals surface area (Å²) in [6.45, 7) is 2.57. The highest BCUT2D eigenvalue weighted by molar-refractivity contribution is 5.79. The van der Waals surface area contributed by atoms with E-state index in [1.807, 2.05) is 4.90 Å². The SMILES string of the molecule is O=C(C1CCCC1)N1CCC(OCCOc2ccc(F)cc2)CC1. The molecule has 1 saturated carbocycles. The van der Waals surface area contributed by atoms with Gasteiger partial charge in [-0.2, -0.15) is 0 Å². The molecule has 132 valence electrons. The summed E-state index contributed by atoms with van der Waals surface area (Å²) in [5, 5.41) is 0. The quantitative estimate of drug-likeness (QED) is 0.748. The summed E-state index contributed by atoms with van der Waals surface area (Å²) in [5.74, 6) is 1.01. The van der Waals surface area contributed by atoms with Crippen LogP contribution in [0, 0.1) is 11.7 Å². The maximum atomic E-state index is 12.8. The van der Waals surface area contributed by atoms with Gasteiger partial charge < -0.3 is 14.4 Å². The van der Waals surface area contributed by atoms with Gasteiger partial charge in [-0.15, -0.1) is 0 Å². The van der Waals surface area contributed by atoms with Crippen LogP contribution in [0.2, 0.25) is 0 Å². The number of nitrogens with zero attached hydrogens (tertiary/aromatic N) is 1. The highest BCUT2D eigenvalue weighted by Crippen LogP contribution is 2.28. The summed E-state index contributed by atoms with van der Waals surface area (Å²) in [7, 11) is 0. The fourth-order valence-electron chi connectivity index (χ4n) is 3.58. The summed E-state index contributed by atoms with van der Waals surface area (Å²) in [6, 6.07) is 5.99. The third kappa shape index (κ3) is 4.69. The Morgan fingerprint density at radius 3 is 2.38 bits per heavy atom. The number of hydrogen-bond acceptors (Lipinski definition) is 3. The molecule has 0 bridgehead atoms. The van der Waals surface area contributed by atoms with Gasteiger partial charge in [0.05, 0.1) is 12.7 Å². The minimum Gasteiger partial charge on any atom is -0.491 e. The second-order valence-corrected chi connectivity index (χ2v) is 6.68. The van der Waals surface area contributed by atoms with Crippen LogP contribution in [0.3, 0.4) is 0 Å². The van der Waals surface area contributed by atoms with Crippen LogP contribution in [0.15, 0.2) is 24.3 Å². The molecule has 24 heavy (non-hydrogen) atoms. The van der Waals surface area contributed by atoms with Gasteiger partial charge in [-0.25, -0.2) is 4.39 Å². The maximum Gasteiger partial charge on any atom is 0.225 e. The van der Waals surface area contributed by atoms with Crippen molar-refractivity contribution in [1.82, 2.24) is 4.90 Å². The van der Waals surface area contributed by atoms with E-state index >= 15 is 0 Å². The molecule has 1 aromatic carbocycles. The van der Waals surface area contributed by atoms with Crippen LogP contribution >= 0.6 is 0 Å². The molecule has 0 aromatic heterocycles. The van der Waals surface area contributed by atoms with Crippen molar-refractivity contribution in [3.63, 3.8) is 0 Å². The molecular weight excluding hydrogens is 309 g/mol. The van der Waals surface area contributed by atoms with Gasteiger partial charge in [-0.05, 0) is 49.9 Å². The average Bonchev–Trinajstić information content (AvgIpc) is 3.15. The number of amides is 1. The van der Waals surface area contributed by atoms with Crippen LogP contribution in [0.4, 0.5) is 4.39 Å². The van der Waals surface area contributed by atoms with E-state index in [9.17, 15) is 9.18 Å². The number of hydrogen-bond donors (Lipinski definition) is 0. The molecule has 1 aliphatic heterocycles. The number of carbonyl (C=O) groups is 1. The Bertz CT molecular complexity index is 520. The Hall–Kier alpha value is -1.62. The molecule has 1 amide bonds. The van der Waals surface area contributed by atoms with Crippen molar-refractivity contribution < 1.29 is 18.7 Å². The predicted molar refractivity (Wildman–Crippen MR) is 89.4 cm³/mol. The minimum absolute atomic E-state index is 0.203. The lowest BCUT2D eigenvalue weighted by Crippen LogP contribution is -2.43. The summed E-state index contributed by atoms with van der Waals surface area (Å²) in [6.07, 6.45) is 6.53. The van der Waals surface area contributed by atoms with Crippen molar-refractivity contribution in [2.24, 2.45) is 5.92 Å². The first kappa shape index (κ1) is 17.2. The van der Waals surface area contributed by atoms with Crippen molar-refractivity contribution >= 4 is 5.91 Å². The summed E-state index contributed by atoms with van der Waals surface area (Å²) >= 11 is 0. The summed E-state index contributed by atoms with van der Waals surface area (Å²) in [4.78, 5) is 14.4. The molecule has 1 heterocycles. The second-order valence-electron chi connectivity index (χ2n) is 6.68. The lowest BCUT2D eigenvalue weighted by molar-refractivity contribution is -0.138. The standard InChI is InChI=1S/C19H26FNO3/c20-16-5-7-17(8-6-16)23-13-14-24-18-9-11-21(12-10-18)19(22)15-3-1-2-4-15/h5-8,15,18H,1-4,9-14H2. The normalized spacial score (nSPS) is 19.6. The van der Waals surface area contributed by atoms with Crippen molar-refractivity contribution in [1.29, 1.82) is 0 Å². The first-order valence-corrected chi connectivity index (χ1v) is 9.01. The number of ether oxygens (including phenoxy) is 2. The molecular formula is C19H26FNO3. The predicted octanol–water partition coefficient (Wildman–Crippen LogP) is 3.40. The molecule has 4 nitrogen and oxygen atoms in total. The van der Waals surface area contributed by atoms with E-state index in [0.717, 1.165) is 38.8 Å². The van der Waals surface area contributed by atoms with Gasteiger partial charge >= 0.3 is 0 Å². The zero-order chi connectivity index (χ0) is 16.8.